The highest BCUT2D eigenvalue weighted by Gasteiger charge is 2.39. The number of nitrogens with zero attached hydrogens (tertiary/aromatic N) is 3. The highest BCUT2D eigenvalue weighted by molar-refractivity contribution is 7.89. The first kappa shape index (κ1) is 24.8. The van der Waals surface area contributed by atoms with E-state index in [4.69, 9.17) is 0 Å². The third-order valence-electron chi connectivity index (χ3n) is 5.86. The number of sulfonamides is 1. The maximum atomic E-state index is 13.2. The molecule has 7 nitrogen and oxygen atoms in total. The van der Waals surface area contributed by atoms with Crippen molar-refractivity contribution in [3.63, 3.8) is 0 Å². The quantitative estimate of drug-likeness (QED) is 0.549. The van der Waals surface area contributed by atoms with Crippen molar-refractivity contribution in [1.29, 1.82) is 0 Å². The molecule has 1 saturated heterocycles. The Morgan fingerprint density at radius 2 is 1.83 bits per heavy atom. The molecule has 4 rings (SSSR count). The van der Waals surface area contributed by atoms with Gasteiger partial charge in [-0.15, -0.1) is 0 Å². The van der Waals surface area contributed by atoms with Crippen LogP contribution in [0.3, 0.4) is 0 Å². The number of aromatic nitrogens is 2. The lowest BCUT2D eigenvalue weighted by Gasteiger charge is -2.24. The van der Waals surface area contributed by atoms with E-state index in [0.717, 1.165) is 12.1 Å². The Hall–Kier alpha value is -3.31. The molecule has 0 radical (unpaired) electrons. The SMILES string of the molecule is Cc1ccccc1S(=O)(=O)N1CCCC1C(=O)NCc1cc(-c2ccc(C(F)(F)F)cc2)ncn1. The van der Waals surface area contributed by atoms with Crippen molar-refractivity contribution < 1.29 is 26.4 Å². The zero-order valence-electron chi connectivity index (χ0n) is 18.8. The van der Waals surface area contributed by atoms with Crippen LogP contribution in [0.15, 0.2) is 65.8 Å². The third kappa shape index (κ3) is 5.35. The Morgan fingerprint density at radius 1 is 1.11 bits per heavy atom. The summed E-state index contributed by atoms with van der Waals surface area (Å²) in [4.78, 5) is 21.3. The summed E-state index contributed by atoms with van der Waals surface area (Å²) in [6.07, 6.45) is -2.20. The fourth-order valence-electron chi connectivity index (χ4n) is 4.04. The van der Waals surface area contributed by atoms with Crippen LogP contribution in [-0.2, 0) is 27.5 Å². The summed E-state index contributed by atoms with van der Waals surface area (Å²) < 4.78 is 66.0. The van der Waals surface area contributed by atoms with Crippen LogP contribution in [-0.4, -0.2) is 41.2 Å². The number of benzene rings is 2. The van der Waals surface area contributed by atoms with E-state index >= 15 is 0 Å². The summed E-state index contributed by atoms with van der Waals surface area (Å²) in [5, 5.41) is 2.73. The van der Waals surface area contributed by atoms with E-state index in [1.165, 1.54) is 28.8 Å². The van der Waals surface area contributed by atoms with Crippen molar-refractivity contribution in [2.24, 2.45) is 0 Å². The molecule has 1 atom stereocenters. The minimum Gasteiger partial charge on any atom is -0.349 e. The number of halogens is 3. The summed E-state index contributed by atoms with van der Waals surface area (Å²) in [7, 11) is -3.84. The first-order chi connectivity index (χ1) is 16.6. The van der Waals surface area contributed by atoms with Gasteiger partial charge in [-0.05, 0) is 49.6 Å². The van der Waals surface area contributed by atoms with Gasteiger partial charge >= 0.3 is 6.18 Å². The summed E-state index contributed by atoms with van der Waals surface area (Å²) >= 11 is 0. The minimum atomic E-state index is -4.43. The molecule has 1 amide bonds. The summed E-state index contributed by atoms with van der Waals surface area (Å²) in [6.45, 7) is 1.98. The number of carbonyl (C=O) groups excluding carboxylic acids is 1. The summed E-state index contributed by atoms with van der Waals surface area (Å²) in [6, 6.07) is 12.0. The number of nitrogens with one attached hydrogen (secondary N) is 1. The Kier molecular flexibility index (Phi) is 6.91. The second-order valence-electron chi connectivity index (χ2n) is 8.23. The second-order valence-corrected chi connectivity index (χ2v) is 10.1. The molecule has 0 bridgehead atoms. The minimum absolute atomic E-state index is 0.0176. The fourth-order valence-corrected chi connectivity index (χ4v) is 5.92. The van der Waals surface area contributed by atoms with Crippen LogP contribution in [0.5, 0.6) is 0 Å². The van der Waals surface area contributed by atoms with Gasteiger partial charge < -0.3 is 5.32 Å². The maximum Gasteiger partial charge on any atom is 0.416 e. The number of alkyl halides is 3. The smallest absolute Gasteiger partial charge is 0.349 e. The van der Waals surface area contributed by atoms with E-state index in [2.05, 4.69) is 15.3 Å². The van der Waals surface area contributed by atoms with Crippen molar-refractivity contribution in [2.75, 3.05) is 6.54 Å². The van der Waals surface area contributed by atoms with Crippen molar-refractivity contribution in [3.05, 3.63) is 77.7 Å². The van der Waals surface area contributed by atoms with Gasteiger partial charge in [0.05, 0.1) is 28.4 Å². The van der Waals surface area contributed by atoms with Gasteiger partial charge in [0.15, 0.2) is 0 Å². The van der Waals surface area contributed by atoms with Crippen LogP contribution in [0.4, 0.5) is 13.2 Å². The Morgan fingerprint density at radius 3 is 2.51 bits per heavy atom. The Labute approximate surface area is 201 Å². The number of rotatable bonds is 6. The van der Waals surface area contributed by atoms with Crippen LogP contribution < -0.4 is 5.32 Å². The topological polar surface area (TPSA) is 92.3 Å². The van der Waals surface area contributed by atoms with E-state index in [9.17, 15) is 26.4 Å². The van der Waals surface area contributed by atoms with E-state index < -0.39 is 33.7 Å². The molecule has 11 heteroatoms. The number of carbonyl (C=O) groups is 1. The lowest BCUT2D eigenvalue weighted by molar-refractivity contribution is -0.137. The molecule has 0 saturated carbocycles. The van der Waals surface area contributed by atoms with Gasteiger partial charge in [0.1, 0.15) is 12.4 Å². The maximum absolute atomic E-state index is 13.2. The van der Waals surface area contributed by atoms with Crippen molar-refractivity contribution in [1.82, 2.24) is 19.6 Å². The number of hydrogen-bond donors (Lipinski definition) is 1. The average molecular weight is 505 g/mol. The number of hydrogen-bond acceptors (Lipinski definition) is 5. The van der Waals surface area contributed by atoms with Gasteiger partial charge in [0, 0.05) is 12.1 Å². The predicted octanol–water partition coefficient (Wildman–Crippen LogP) is 3.94. The molecule has 0 aliphatic carbocycles. The normalized spacial score (nSPS) is 16.9. The Balaban J connectivity index is 1.45. The molecule has 2 aromatic carbocycles. The molecule has 1 unspecified atom stereocenters. The summed E-state index contributed by atoms with van der Waals surface area (Å²) in [5.74, 6) is -0.436. The summed E-state index contributed by atoms with van der Waals surface area (Å²) in [5.41, 5.74) is 1.16. The molecular formula is C24H23F3N4O3S. The molecule has 3 aromatic rings. The first-order valence-corrected chi connectivity index (χ1v) is 12.3. The monoisotopic (exact) mass is 504 g/mol. The lowest BCUT2D eigenvalue weighted by Crippen LogP contribution is -2.45. The standard InChI is InChI=1S/C24H23F3N4O3S/c1-16-5-2-3-7-22(16)35(33,34)31-12-4-6-21(31)23(32)28-14-19-13-20(30-15-29-19)17-8-10-18(11-9-17)24(25,26)27/h2-3,5,7-11,13,15,21H,4,6,12,14H2,1H3,(H,28,32). The molecule has 184 valence electrons. The third-order valence-corrected chi connectivity index (χ3v) is 7.93. The molecule has 1 aromatic heterocycles. The molecule has 35 heavy (non-hydrogen) atoms. The van der Waals surface area contributed by atoms with Crippen LogP contribution in [0, 0.1) is 6.92 Å². The van der Waals surface area contributed by atoms with Gasteiger partial charge in [-0.25, -0.2) is 18.4 Å². The van der Waals surface area contributed by atoms with Crippen LogP contribution in [0.2, 0.25) is 0 Å². The lowest BCUT2D eigenvalue weighted by atomic mass is 10.1. The van der Waals surface area contributed by atoms with E-state index in [1.807, 2.05) is 0 Å². The van der Waals surface area contributed by atoms with Crippen LogP contribution in [0.1, 0.15) is 29.7 Å². The molecule has 1 aliphatic heterocycles. The van der Waals surface area contributed by atoms with Crippen molar-refractivity contribution in [2.45, 2.75) is 43.4 Å². The van der Waals surface area contributed by atoms with E-state index in [-0.39, 0.29) is 18.0 Å². The van der Waals surface area contributed by atoms with Crippen LogP contribution in [0.25, 0.3) is 11.3 Å². The second kappa shape index (κ2) is 9.74. The van der Waals surface area contributed by atoms with Gasteiger partial charge in [-0.1, -0.05) is 30.3 Å². The van der Waals surface area contributed by atoms with Gasteiger partial charge in [-0.2, -0.15) is 17.5 Å². The molecule has 2 heterocycles. The zero-order valence-corrected chi connectivity index (χ0v) is 19.6. The Bertz CT molecular complexity index is 1330. The average Bonchev–Trinajstić information content (AvgIpc) is 3.34. The van der Waals surface area contributed by atoms with E-state index in [0.29, 0.717) is 35.4 Å². The van der Waals surface area contributed by atoms with Crippen molar-refractivity contribution >= 4 is 15.9 Å². The van der Waals surface area contributed by atoms with Gasteiger partial charge in [0.25, 0.3) is 0 Å². The van der Waals surface area contributed by atoms with E-state index in [1.54, 1.807) is 31.2 Å². The zero-order chi connectivity index (χ0) is 25.2. The molecular weight excluding hydrogens is 481 g/mol. The van der Waals surface area contributed by atoms with Gasteiger partial charge in [-0.3, -0.25) is 4.79 Å². The van der Waals surface area contributed by atoms with Crippen LogP contribution >= 0.6 is 0 Å². The molecule has 1 N–H and O–H groups in total. The highest BCUT2D eigenvalue weighted by atomic mass is 32.2. The highest BCUT2D eigenvalue weighted by Crippen LogP contribution is 2.31. The number of amides is 1. The molecule has 1 fully saturated rings. The predicted molar refractivity (Wildman–Crippen MR) is 122 cm³/mol. The fraction of sp³-hybridized carbons (Fsp3) is 0.292. The molecule has 1 aliphatic rings. The first-order valence-electron chi connectivity index (χ1n) is 10.9. The van der Waals surface area contributed by atoms with Gasteiger partial charge in [0.2, 0.25) is 15.9 Å². The number of aryl methyl sites for hydroxylation is 1. The largest absolute Gasteiger partial charge is 0.416 e. The molecule has 0 spiro atoms. The van der Waals surface area contributed by atoms with Crippen molar-refractivity contribution in [3.8, 4) is 11.3 Å².